The highest BCUT2D eigenvalue weighted by Crippen LogP contribution is 2.40. The smallest absolute Gasteiger partial charge is 0.240 e. The maximum absolute atomic E-state index is 12.6. The van der Waals surface area contributed by atoms with E-state index in [0.29, 0.717) is 11.4 Å². The van der Waals surface area contributed by atoms with Crippen LogP contribution in [0.5, 0.6) is 0 Å². The molecule has 1 aromatic heterocycles. The molecular weight excluding hydrogens is 346 g/mol. The largest absolute Gasteiger partial charge is 0.315 e. The quantitative estimate of drug-likeness (QED) is 0.901. The predicted molar refractivity (Wildman–Crippen MR) is 93.6 cm³/mol. The third-order valence-electron chi connectivity index (χ3n) is 4.23. The van der Waals surface area contributed by atoms with Crippen LogP contribution in [0.25, 0.3) is 0 Å². The van der Waals surface area contributed by atoms with Gasteiger partial charge in [-0.3, -0.25) is 4.79 Å². The monoisotopic (exact) mass is 365 g/mol. The highest BCUT2D eigenvalue weighted by Gasteiger charge is 2.36. The van der Waals surface area contributed by atoms with Gasteiger partial charge in [0.05, 0.1) is 11.4 Å². The predicted octanol–water partition coefficient (Wildman–Crippen LogP) is 2.27. The SMILES string of the molecule is CN1C(=O)CC(C)(C)c2cc(S(=O)(=O)NCc3nccs3)ccc21. The first-order valence-corrected chi connectivity index (χ1v) is 9.86. The molecule has 0 aliphatic carbocycles. The number of carbonyl (C=O) groups is 1. The van der Waals surface area contributed by atoms with Gasteiger partial charge in [0, 0.05) is 36.1 Å². The van der Waals surface area contributed by atoms with Gasteiger partial charge < -0.3 is 4.90 Å². The minimum Gasteiger partial charge on any atom is -0.315 e. The third-order valence-corrected chi connectivity index (χ3v) is 6.41. The first-order chi connectivity index (χ1) is 11.2. The molecule has 1 aliphatic heterocycles. The van der Waals surface area contributed by atoms with Crippen molar-refractivity contribution < 1.29 is 13.2 Å². The zero-order chi connectivity index (χ0) is 17.5. The van der Waals surface area contributed by atoms with Crippen molar-refractivity contribution in [3.8, 4) is 0 Å². The number of rotatable bonds is 4. The minimum atomic E-state index is -3.64. The Morgan fingerprint density at radius 1 is 1.38 bits per heavy atom. The minimum absolute atomic E-state index is 0.0324. The van der Waals surface area contributed by atoms with Crippen LogP contribution in [0.15, 0.2) is 34.7 Å². The summed E-state index contributed by atoms with van der Waals surface area (Å²) in [5.74, 6) is 0.0324. The first kappa shape index (κ1) is 17.1. The molecule has 0 saturated carbocycles. The van der Waals surface area contributed by atoms with Crippen LogP contribution >= 0.6 is 11.3 Å². The molecule has 0 saturated heterocycles. The van der Waals surface area contributed by atoms with Crippen LogP contribution in [0, 0.1) is 0 Å². The molecule has 3 rings (SSSR count). The van der Waals surface area contributed by atoms with Crippen molar-refractivity contribution >= 4 is 33.0 Å². The van der Waals surface area contributed by atoms with Crippen molar-refractivity contribution in [3.63, 3.8) is 0 Å². The number of hydrogen-bond acceptors (Lipinski definition) is 5. The Kier molecular flexibility index (Phi) is 4.23. The van der Waals surface area contributed by atoms with Crippen molar-refractivity contribution in [2.75, 3.05) is 11.9 Å². The molecule has 8 heteroatoms. The Morgan fingerprint density at radius 3 is 2.79 bits per heavy atom. The molecule has 2 aromatic rings. The zero-order valence-electron chi connectivity index (χ0n) is 13.7. The number of carbonyl (C=O) groups excluding carboxylic acids is 1. The molecule has 6 nitrogen and oxygen atoms in total. The van der Waals surface area contributed by atoms with Gasteiger partial charge in [0.1, 0.15) is 5.01 Å². The lowest BCUT2D eigenvalue weighted by Crippen LogP contribution is -2.39. The number of sulfonamides is 1. The lowest BCUT2D eigenvalue weighted by Gasteiger charge is -2.37. The van der Waals surface area contributed by atoms with E-state index in [1.165, 1.54) is 17.4 Å². The molecule has 0 radical (unpaired) electrons. The molecule has 128 valence electrons. The average molecular weight is 365 g/mol. The van der Waals surface area contributed by atoms with E-state index in [1.54, 1.807) is 35.7 Å². The van der Waals surface area contributed by atoms with E-state index in [0.717, 1.165) is 11.3 Å². The van der Waals surface area contributed by atoms with E-state index in [4.69, 9.17) is 0 Å². The molecule has 0 fully saturated rings. The van der Waals surface area contributed by atoms with E-state index in [9.17, 15) is 13.2 Å². The average Bonchev–Trinajstić information content (AvgIpc) is 3.03. The van der Waals surface area contributed by atoms with Crippen LogP contribution < -0.4 is 9.62 Å². The Morgan fingerprint density at radius 2 is 2.12 bits per heavy atom. The van der Waals surface area contributed by atoms with Crippen molar-refractivity contribution in [2.45, 2.75) is 37.1 Å². The number of nitrogens with zero attached hydrogens (tertiary/aromatic N) is 2. The normalized spacial score (nSPS) is 17.0. The Balaban J connectivity index is 1.94. The number of thiazole rings is 1. The number of benzene rings is 1. The van der Waals surface area contributed by atoms with E-state index in [1.807, 2.05) is 13.8 Å². The molecule has 0 unspecified atom stereocenters. The summed E-state index contributed by atoms with van der Waals surface area (Å²) in [6.07, 6.45) is 2.00. The number of amides is 1. The topological polar surface area (TPSA) is 79.4 Å². The fraction of sp³-hybridized carbons (Fsp3) is 0.375. The molecular formula is C16H19N3O3S2. The Labute approximate surface area is 145 Å². The van der Waals surface area contributed by atoms with E-state index in [-0.39, 0.29) is 17.3 Å². The maximum Gasteiger partial charge on any atom is 0.240 e. The number of nitrogens with one attached hydrogen (secondary N) is 1. The molecule has 1 amide bonds. The number of aromatic nitrogens is 1. The van der Waals surface area contributed by atoms with Gasteiger partial charge in [-0.25, -0.2) is 18.1 Å². The summed E-state index contributed by atoms with van der Waals surface area (Å²) in [6, 6.07) is 4.91. The second-order valence-corrected chi connectivity index (χ2v) is 9.19. The van der Waals surface area contributed by atoms with Crippen molar-refractivity contribution in [3.05, 3.63) is 40.3 Å². The van der Waals surface area contributed by atoms with Crippen LogP contribution in [0.4, 0.5) is 5.69 Å². The van der Waals surface area contributed by atoms with Gasteiger partial charge in [0.15, 0.2) is 0 Å². The highest BCUT2D eigenvalue weighted by molar-refractivity contribution is 7.89. The van der Waals surface area contributed by atoms with Crippen LogP contribution in [-0.4, -0.2) is 26.4 Å². The summed E-state index contributed by atoms with van der Waals surface area (Å²) < 4.78 is 27.7. The van der Waals surface area contributed by atoms with Gasteiger partial charge in [-0.05, 0) is 23.8 Å². The second kappa shape index (κ2) is 5.94. The lowest BCUT2D eigenvalue weighted by atomic mass is 9.77. The number of fused-ring (bicyclic) bond motifs is 1. The van der Waals surface area contributed by atoms with Gasteiger partial charge >= 0.3 is 0 Å². The Bertz CT molecular complexity index is 874. The first-order valence-electron chi connectivity index (χ1n) is 7.50. The van der Waals surface area contributed by atoms with Crippen LogP contribution in [-0.2, 0) is 26.8 Å². The van der Waals surface area contributed by atoms with Gasteiger partial charge in [-0.2, -0.15) is 0 Å². The van der Waals surface area contributed by atoms with Gasteiger partial charge in [-0.1, -0.05) is 13.8 Å². The summed E-state index contributed by atoms with van der Waals surface area (Å²) in [4.78, 5) is 17.9. The fourth-order valence-electron chi connectivity index (χ4n) is 2.82. The third kappa shape index (κ3) is 3.09. The van der Waals surface area contributed by atoms with Gasteiger partial charge in [-0.15, -0.1) is 11.3 Å². The van der Waals surface area contributed by atoms with E-state index < -0.39 is 15.4 Å². The maximum atomic E-state index is 12.6. The molecule has 24 heavy (non-hydrogen) atoms. The van der Waals surface area contributed by atoms with Crippen molar-refractivity contribution in [1.29, 1.82) is 0 Å². The summed E-state index contributed by atoms with van der Waals surface area (Å²) in [7, 11) is -1.92. The zero-order valence-corrected chi connectivity index (χ0v) is 15.4. The molecule has 1 N–H and O–H groups in total. The van der Waals surface area contributed by atoms with E-state index in [2.05, 4.69) is 9.71 Å². The Hall–Kier alpha value is -1.77. The fourth-order valence-corrected chi connectivity index (χ4v) is 4.48. The summed E-state index contributed by atoms with van der Waals surface area (Å²) in [5, 5.41) is 2.51. The van der Waals surface area contributed by atoms with E-state index >= 15 is 0 Å². The molecule has 1 aromatic carbocycles. The number of anilines is 1. The molecule has 2 heterocycles. The van der Waals surface area contributed by atoms with Crippen LogP contribution in [0.3, 0.4) is 0 Å². The molecule has 0 atom stereocenters. The van der Waals surface area contributed by atoms with Crippen molar-refractivity contribution in [1.82, 2.24) is 9.71 Å². The summed E-state index contributed by atoms with van der Waals surface area (Å²) in [6.45, 7) is 4.07. The van der Waals surface area contributed by atoms with Crippen LogP contribution in [0.1, 0.15) is 30.8 Å². The molecule has 0 spiro atoms. The van der Waals surface area contributed by atoms with Gasteiger partial charge in [0.2, 0.25) is 15.9 Å². The summed E-state index contributed by atoms with van der Waals surface area (Å²) >= 11 is 1.40. The number of hydrogen-bond donors (Lipinski definition) is 1. The van der Waals surface area contributed by atoms with Crippen molar-refractivity contribution in [2.24, 2.45) is 0 Å². The molecule has 1 aliphatic rings. The summed E-state index contributed by atoms with van der Waals surface area (Å²) in [5.41, 5.74) is 1.22. The van der Waals surface area contributed by atoms with Gasteiger partial charge in [0.25, 0.3) is 0 Å². The lowest BCUT2D eigenvalue weighted by molar-refractivity contribution is -0.119. The highest BCUT2D eigenvalue weighted by atomic mass is 32.2. The van der Waals surface area contributed by atoms with Crippen LogP contribution in [0.2, 0.25) is 0 Å². The standard InChI is InChI=1S/C16H19N3O3S2/c1-16(2)9-15(20)19(3)13-5-4-11(8-12(13)16)24(21,22)18-10-14-17-6-7-23-14/h4-8,18H,9-10H2,1-3H3. The molecule has 0 bridgehead atoms. The second-order valence-electron chi connectivity index (χ2n) is 6.44.